The Bertz CT molecular complexity index is 1380. The second-order valence-corrected chi connectivity index (χ2v) is 10.8. The van der Waals surface area contributed by atoms with E-state index in [9.17, 15) is 8.42 Å². The Morgan fingerprint density at radius 2 is 2.06 bits per heavy atom. The number of sulfonamides is 1. The van der Waals surface area contributed by atoms with Crippen molar-refractivity contribution in [2.24, 2.45) is 7.05 Å². The fourth-order valence-corrected chi connectivity index (χ4v) is 6.17. The summed E-state index contributed by atoms with van der Waals surface area (Å²) in [6.07, 6.45) is 6.81. The number of H-pyrrole nitrogens is 1. The monoisotopic (exact) mass is 470 g/mol. The van der Waals surface area contributed by atoms with E-state index in [1.54, 1.807) is 12.1 Å². The molecular weight excluding hydrogens is 444 g/mol. The zero-order valence-electron chi connectivity index (χ0n) is 18.0. The van der Waals surface area contributed by atoms with Gasteiger partial charge in [0.2, 0.25) is 10.0 Å². The minimum absolute atomic E-state index is 0.0571. The summed E-state index contributed by atoms with van der Waals surface area (Å²) >= 11 is 6.15. The van der Waals surface area contributed by atoms with Crippen LogP contribution in [0.15, 0.2) is 59.8 Å². The second kappa shape index (κ2) is 8.56. The Kier molecular flexibility index (Phi) is 5.75. The van der Waals surface area contributed by atoms with Gasteiger partial charge in [0.1, 0.15) is 0 Å². The highest BCUT2D eigenvalue weighted by Crippen LogP contribution is 2.24. The summed E-state index contributed by atoms with van der Waals surface area (Å²) in [5, 5.41) is 2.86. The molecule has 0 aliphatic carbocycles. The molecule has 168 valence electrons. The number of fused-ring (bicyclic) bond motifs is 2. The van der Waals surface area contributed by atoms with Crippen LogP contribution in [0.25, 0.3) is 21.8 Å². The summed E-state index contributed by atoms with van der Waals surface area (Å²) in [5.41, 5.74) is 3.40. The molecular formula is C24H27ClN4O2S. The van der Waals surface area contributed by atoms with Crippen molar-refractivity contribution in [3.63, 3.8) is 0 Å². The average Bonchev–Trinajstić information content (AvgIpc) is 3.47. The molecule has 3 heterocycles. The standard InChI is InChI=1S/C24H27ClN4O2S/c1-28-11-8-17-13-21(5-7-24(17)28)32(30,31)27-20-9-12-29(16-20)10-2-3-18-15-26-23-6-4-19(25)14-22(18)23/h4-8,11,13-15,20,26-27H,2-3,9-10,12,16H2,1H3. The number of hydrogen-bond donors (Lipinski definition) is 2. The van der Waals surface area contributed by atoms with Crippen LogP contribution in [0.5, 0.6) is 0 Å². The van der Waals surface area contributed by atoms with Crippen molar-refractivity contribution in [1.29, 1.82) is 0 Å². The van der Waals surface area contributed by atoms with Crippen LogP contribution in [0.3, 0.4) is 0 Å². The van der Waals surface area contributed by atoms with Crippen molar-refractivity contribution in [2.45, 2.75) is 30.2 Å². The van der Waals surface area contributed by atoms with Crippen LogP contribution in [0, 0.1) is 0 Å². The number of aryl methyl sites for hydroxylation is 2. The molecule has 2 aromatic carbocycles. The number of nitrogens with zero attached hydrogens (tertiary/aromatic N) is 2. The molecule has 6 nitrogen and oxygen atoms in total. The van der Waals surface area contributed by atoms with Gasteiger partial charge in [-0.25, -0.2) is 13.1 Å². The lowest BCUT2D eigenvalue weighted by Crippen LogP contribution is -2.37. The highest BCUT2D eigenvalue weighted by molar-refractivity contribution is 7.89. The third kappa shape index (κ3) is 4.30. The van der Waals surface area contributed by atoms with Crippen LogP contribution < -0.4 is 4.72 Å². The van der Waals surface area contributed by atoms with Gasteiger partial charge < -0.3 is 14.5 Å². The zero-order chi connectivity index (χ0) is 22.3. The van der Waals surface area contributed by atoms with Crippen LogP contribution in [0.4, 0.5) is 0 Å². The maximum absolute atomic E-state index is 12.9. The van der Waals surface area contributed by atoms with Gasteiger partial charge in [0.25, 0.3) is 0 Å². The molecule has 1 aliphatic heterocycles. The average molecular weight is 471 g/mol. The predicted molar refractivity (Wildman–Crippen MR) is 130 cm³/mol. The van der Waals surface area contributed by atoms with Crippen molar-refractivity contribution < 1.29 is 8.42 Å². The van der Waals surface area contributed by atoms with Crippen LogP contribution in [0.1, 0.15) is 18.4 Å². The van der Waals surface area contributed by atoms with Crippen LogP contribution in [-0.2, 0) is 23.5 Å². The van der Waals surface area contributed by atoms with Crippen LogP contribution >= 0.6 is 11.6 Å². The molecule has 0 amide bonds. The van der Waals surface area contributed by atoms with Crippen molar-refractivity contribution in [1.82, 2.24) is 19.2 Å². The van der Waals surface area contributed by atoms with E-state index in [1.165, 1.54) is 10.9 Å². The Morgan fingerprint density at radius 1 is 1.19 bits per heavy atom. The number of hydrogen-bond acceptors (Lipinski definition) is 3. The molecule has 2 aromatic heterocycles. The zero-order valence-corrected chi connectivity index (χ0v) is 19.6. The quantitative estimate of drug-likeness (QED) is 0.423. The highest BCUT2D eigenvalue weighted by atomic mass is 35.5. The number of halogens is 1. The number of aromatic nitrogens is 2. The molecule has 1 unspecified atom stereocenters. The third-order valence-corrected chi connectivity index (χ3v) is 8.16. The number of aromatic amines is 1. The highest BCUT2D eigenvalue weighted by Gasteiger charge is 2.27. The van der Waals surface area contributed by atoms with E-state index in [1.807, 2.05) is 48.1 Å². The lowest BCUT2D eigenvalue weighted by Gasteiger charge is -2.17. The van der Waals surface area contributed by atoms with Crippen molar-refractivity contribution >= 4 is 43.4 Å². The first-order valence-corrected chi connectivity index (χ1v) is 12.8. The summed E-state index contributed by atoms with van der Waals surface area (Å²) < 4.78 is 30.7. The van der Waals surface area contributed by atoms with E-state index in [0.29, 0.717) is 4.90 Å². The molecule has 8 heteroatoms. The minimum Gasteiger partial charge on any atom is -0.361 e. The normalized spacial score (nSPS) is 17.6. The first-order valence-electron chi connectivity index (χ1n) is 10.9. The summed E-state index contributed by atoms with van der Waals surface area (Å²) in [5.74, 6) is 0. The molecule has 1 aliphatic rings. The maximum Gasteiger partial charge on any atom is 0.240 e. The van der Waals surface area contributed by atoms with Gasteiger partial charge >= 0.3 is 0 Å². The molecule has 0 spiro atoms. The first-order chi connectivity index (χ1) is 15.4. The van der Waals surface area contributed by atoms with Gasteiger partial charge in [0, 0.05) is 58.9 Å². The molecule has 0 bridgehead atoms. The molecule has 0 radical (unpaired) electrons. The molecule has 4 aromatic rings. The molecule has 1 fully saturated rings. The van der Waals surface area contributed by atoms with Gasteiger partial charge in [-0.2, -0.15) is 0 Å². The third-order valence-electron chi connectivity index (χ3n) is 6.41. The van der Waals surface area contributed by atoms with Gasteiger partial charge in [-0.1, -0.05) is 11.6 Å². The maximum atomic E-state index is 12.9. The van der Waals surface area contributed by atoms with Gasteiger partial charge in [-0.05, 0) is 80.4 Å². The summed E-state index contributed by atoms with van der Waals surface area (Å²) in [7, 11) is -1.58. The van der Waals surface area contributed by atoms with Crippen LogP contribution in [0.2, 0.25) is 5.02 Å². The van der Waals surface area contributed by atoms with E-state index in [0.717, 1.165) is 60.3 Å². The lowest BCUT2D eigenvalue weighted by atomic mass is 10.1. The van der Waals surface area contributed by atoms with Crippen LogP contribution in [-0.4, -0.2) is 48.5 Å². The molecule has 2 N–H and O–H groups in total. The van der Waals surface area contributed by atoms with E-state index in [-0.39, 0.29) is 6.04 Å². The van der Waals surface area contributed by atoms with Gasteiger partial charge in [-0.15, -0.1) is 0 Å². The van der Waals surface area contributed by atoms with Gasteiger partial charge in [-0.3, -0.25) is 0 Å². The Morgan fingerprint density at radius 3 is 2.94 bits per heavy atom. The molecule has 1 atom stereocenters. The number of likely N-dealkylation sites (tertiary alicyclic amines) is 1. The second-order valence-electron chi connectivity index (χ2n) is 8.66. The smallest absolute Gasteiger partial charge is 0.240 e. The van der Waals surface area contributed by atoms with Crippen molar-refractivity contribution in [3.05, 3.63) is 65.4 Å². The Labute approximate surface area is 193 Å². The minimum atomic E-state index is -3.54. The lowest BCUT2D eigenvalue weighted by molar-refractivity contribution is 0.327. The number of rotatable bonds is 7. The summed E-state index contributed by atoms with van der Waals surface area (Å²) in [4.78, 5) is 5.97. The summed E-state index contributed by atoms with van der Waals surface area (Å²) in [6, 6.07) is 13.1. The topological polar surface area (TPSA) is 70.1 Å². The molecule has 1 saturated heterocycles. The Balaban J connectivity index is 1.16. The number of nitrogens with one attached hydrogen (secondary N) is 2. The van der Waals surface area contributed by atoms with Gasteiger partial charge in [0.15, 0.2) is 0 Å². The summed E-state index contributed by atoms with van der Waals surface area (Å²) in [6.45, 7) is 2.60. The predicted octanol–water partition coefficient (Wildman–Crippen LogP) is 4.30. The van der Waals surface area contributed by atoms with Gasteiger partial charge in [0.05, 0.1) is 4.90 Å². The Hall–Kier alpha value is -2.32. The van der Waals surface area contributed by atoms with Crippen molar-refractivity contribution in [3.8, 4) is 0 Å². The van der Waals surface area contributed by atoms with E-state index < -0.39 is 10.0 Å². The van der Waals surface area contributed by atoms with E-state index in [2.05, 4.69) is 20.8 Å². The largest absolute Gasteiger partial charge is 0.361 e. The SMILES string of the molecule is Cn1ccc2cc(S(=O)(=O)NC3CCN(CCCc4c[nH]c5ccc(Cl)cc45)C3)ccc21. The fourth-order valence-electron chi connectivity index (χ4n) is 4.70. The van der Waals surface area contributed by atoms with E-state index >= 15 is 0 Å². The number of benzene rings is 2. The first kappa shape index (κ1) is 21.5. The van der Waals surface area contributed by atoms with Crippen molar-refractivity contribution in [2.75, 3.05) is 19.6 Å². The molecule has 5 rings (SSSR count). The molecule has 32 heavy (non-hydrogen) atoms. The molecule has 0 saturated carbocycles. The van der Waals surface area contributed by atoms with E-state index in [4.69, 9.17) is 11.6 Å². The fraction of sp³-hybridized carbons (Fsp3) is 0.333.